The van der Waals surface area contributed by atoms with Crippen molar-refractivity contribution >= 4 is 5.82 Å². The van der Waals surface area contributed by atoms with Gasteiger partial charge in [0.2, 0.25) is 0 Å². The van der Waals surface area contributed by atoms with E-state index >= 15 is 0 Å². The van der Waals surface area contributed by atoms with Gasteiger partial charge in [0.25, 0.3) is 0 Å². The molecule has 7 heteroatoms. The van der Waals surface area contributed by atoms with Crippen LogP contribution in [0.1, 0.15) is 24.0 Å². The Morgan fingerprint density at radius 3 is 2.85 bits per heavy atom. The molecule has 5 nitrogen and oxygen atoms in total. The predicted molar refractivity (Wildman–Crippen MR) is 99.1 cm³/mol. The van der Waals surface area contributed by atoms with Gasteiger partial charge in [-0.1, -0.05) is 18.2 Å². The van der Waals surface area contributed by atoms with Crippen LogP contribution in [0.5, 0.6) is 5.75 Å². The summed E-state index contributed by atoms with van der Waals surface area (Å²) in [4.78, 5) is 0. The van der Waals surface area contributed by atoms with Gasteiger partial charge in [0.05, 0.1) is 13.7 Å². The maximum atomic E-state index is 13.2. The topological polar surface area (TPSA) is 52.2 Å². The fourth-order valence-electron chi connectivity index (χ4n) is 2.52. The van der Waals surface area contributed by atoms with Gasteiger partial charge in [-0.3, -0.25) is 4.68 Å². The number of nitrogens with zero attached hydrogens (tertiary/aromatic N) is 2. The molecule has 0 bridgehead atoms. The SMILES string of the molecule is COc1cccc(C/C=C/Nc2ccn(Cc3ccc(C(C)(F)F)o3)n2)c1. The van der Waals surface area contributed by atoms with E-state index < -0.39 is 5.92 Å². The van der Waals surface area contributed by atoms with Gasteiger partial charge in [0.15, 0.2) is 11.6 Å². The Hall–Kier alpha value is -3.09. The number of hydrogen-bond acceptors (Lipinski definition) is 4. The fourth-order valence-corrected chi connectivity index (χ4v) is 2.52. The van der Waals surface area contributed by atoms with Gasteiger partial charge in [-0.15, -0.1) is 0 Å². The van der Waals surface area contributed by atoms with E-state index in [-0.39, 0.29) is 12.3 Å². The molecule has 3 aromatic rings. The Morgan fingerprint density at radius 1 is 1.26 bits per heavy atom. The number of ether oxygens (including phenoxy) is 1. The van der Waals surface area contributed by atoms with Crippen molar-refractivity contribution in [1.82, 2.24) is 9.78 Å². The zero-order chi connectivity index (χ0) is 19.3. The minimum absolute atomic E-state index is 0.283. The first-order valence-corrected chi connectivity index (χ1v) is 8.49. The number of benzene rings is 1. The number of anilines is 1. The van der Waals surface area contributed by atoms with Gasteiger partial charge in [-0.25, -0.2) is 0 Å². The molecule has 0 fully saturated rings. The third kappa shape index (κ3) is 5.20. The van der Waals surface area contributed by atoms with Crippen LogP contribution in [0.4, 0.5) is 14.6 Å². The maximum absolute atomic E-state index is 13.2. The van der Waals surface area contributed by atoms with Crippen LogP contribution >= 0.6 is 0 Å². The number of aromatic nitrogens is 2. The van der Waals surface area contributed by atoms with Gasteiger partial charge in [-0.05, 0) is 42.4 Å². The van der Waals surface area contributed by atoms with Crippen LogP contribution in [0.15, 0.2) is 65.4 Å². The molecular formula is C20H21F2N3O2. The highest BCUT2D eigenvalue weighted by molar-refractivity contribution is 5.36. The third-order valence-electron chi connectivity index (χ3n) is 3.89. The normalized spacial score (nSPS) is 11.9. The van der Waals surface area contributed by atoms with E-state index in [9.17, 15) is 8.78 Å². The molecule has 0 aliphatic carbocycles. The van der Waals surface area contributed by atoms with Crippen molar-refractivity contribution in [3.63, 3.8) is 0 Å². The lowest BCUT2D eigenvalue weighted by Gasteiger charge is -2.05. The summed E-state index contributed by atoms with van der Waals surface area (Å²) in [6.45, 7) is 1.09. The van der Waals surface area contributed by atoms with Crippen molar-refractivity contribution in [3.8, 4) is 5.75 Å². The van der Waals surface area contributed by atoms with Crippen LogP contribution in [0.25, 0.3) is 0 Å². The van der Waals surface area contributed by atoms with Gasteiger partial charge < -0.3 is 14.5 Å². The maximum Gasteiger partial charge on any atom is 0.301 e. The van der Waals surface area contributed by atoms with Crippen LogP contribution in [0.3, 0.4) is 0 Å². The lowest BCUT2D eigenvalue weighted by Crippen LogP contribution is -2.05. The molecule has 27 heavy (non-hydrogen) atoms. The average Bonchev–Trinajstić information content (AvgIpc) is 3.29. The average molecular weight is 373 g/mol. The molecule has 142 valence electrons. The molecule has 1 N–H and O–H groups in total. The number of halogens is 2. The molecule has 0 saturated carbocycles. The van der Waals surface area contributed by atoms with Crippen LogP contribution in [-0.4, -0.2) is 16.9 Å². The van der Waals surface area contributed by atoms with E-state index in [0.717, 1.165) is 24.7 Å². The van der Waals surface area contributed by atoms with Gasteiger partial charge in [0.1, 0.15) is 11.5 Å². The molecule has 0 unspecified atom stereocenters. The van der Waals surface area contributed by atoms with Gasteiger partial charge >= 0.3 is 5.92 Å². The summed E-state index contributed by atoms with van der Waals surface area (Å²) in [6, 6.07) is 12.5. The molecule has 0 radical (unpaired) electrons. The van der Waals surface area contributed by atoms with Crippen LogP contribution in [0, 0.1) is 0 Å². The zero-order valence-electron chi connectivity index (χ0n) is 15.2. The highest BCUT2D eigenvalue weighted by Gasteiger charge is 2.28. The van der Waals surface area contributed by atoms with Crippen molar-refractivity contribution in [2.75, 3.05) is 12.4 Å². The lowest BCUT2D eigenvalue weighted by atomic mass is 10.1. The number of furan rings is 1. The predicted octanol–water partition coefficient (Wildman–Crippen LogP) is 4.81. The van der Waals surface area contributed by atoms with Crippen LogP contribution in [-0.2, 0) is 18.9 Å². The molecule has 2 aromatic heterocycles. The van der Waals surface area contributed by atoms with E-state index in [0.29, 0.717) is 11.6 Å². The highest BCUT2D eigenvalue weighted by Crippen LogP contribution is 2.28. The largest absolute Gasteiger partial charge is 0.497 e. The third-order valence-corrected chi connectivity index (χ3v) is 3.89. The van der Waals surface area contributed by atoms with E-state index in [1.165, 1.54) is 12.1 Å². The van der Waals surface area contributed by atoms with E-state index in [2.05, 4.69) is 10.4 Å². The minimum atomic E-state index is -2.98. The first-order valence-electron chi connectivity index (χ1n) is 8.49. The second-order valence-corrected chi connectivity index (χ2v) is 6.16. The first-order chi connectivity index (χ1) is 12.9. The summed E-state index contributed by atoms with van der Waals surface area (Å²) in [7, 11) is 1.64. The smallest absolute Gasteiger partial charge is 0.301 e. The Kier molecular flexibility index (Phi) is 5.59. The highest BCUT2D eigenvalue weighted by atomic mass is 19.3. The van der Waals surface area contributed by atoms with Crippen molar-refractivity contribution in [2.24, 2.45) is 0 Å². The van der Waals surface area contributed by atoms with Gasteiger partial charge in [0, 0.05) is 19.2 Å². The van der Waals surface area contributed by atoms with Crippen molar-refractivity contribution < 1.29 is 17.9 Å². The van der Waals surface area contributed by atoms with Crippen molar-refractivity contribution in [3.05, 3.63) is 78.0 Å². The lowest BCUT2D eigenvalue weighted by molar-refractivity contribution is -0.00636. The number of methoxy groups -OCH3 is 1. The molecule has 0 amide bonds. The van der Waals surface area contributed by atoms with Crippen molar-refractivity contribution in [2.45, 2.75) is 25.8 Å². The molecule has 0 aliphatic heterocycles. The summed E-state index contributed by atoms with van der Waals surface area (Å²) in [5, 5.41) is 7.42. The minimum Gasteiger partial charge on any atom is -0.497 e. The Morgan fingerprint density at radius 2 is 2.11 bits per heavy atom. The number of alkyl halides is 2. The monoisotopic (exact) mass is 373 g/mol. The molecule has 2 heterocycles. The fraction of sp³-hybridized carbons (Fsp3) is 0.250. The second kappa shape index (κ2) is 8.07. The quantitative estimate of drug-likeness (QED) is 0.615. The number of hydrogen-bond donors (Lipinski definition) is 1. The molecule has 3 rings (SSSR count). The Labute approximate surface area is 156 Å². The van der Waals surface area contributed by atoms with Crippen LogP contribution < -0.4 is 10.1 Å². The van der Waals surface area contributed by atoms with E-state index in [4.69, 9.17) is 9.15 Å². The first kappa shape index (κ1) is 18.7. The molecule has 0 saturated heterocycles. The summed E-state index contributed by atoms with van der Waals surface area (Å²) < 4.78 is 38.4. The van der Waals surface area contributed by atoms with Gasteiger partial charge in [-0.2, -0.15) is 13.9 Å². The Balaban J connectivity index is 1.52. The molecule has 0 atom stereocenters. The molecular weight excluding hydrogens is 352 g/mol. The van der Waals surface area contributed by atoms with E-state index in [1.807, 2.05) is 36.5 Å². The summed E-state index contributed by atoms with van der Waals surface area (Å²) >= 11 is 0. The Bertz CT molecular complexity index is 910. The van der Waals surface area contributed by atoms with Crippen molar-refractivity contribution in [1.29, 1.82) is 0 Å². The summed E-state index contributed by atoms with van der Waals surface area (Å²) in [5.41, 5.74) is 1.14. The van der Waals surface area contributed by atoms with Crippen LogP contribution in [0.2, 0.25) is 0 Å². The number of allylic oxidation sites excluding steroid dienone is 1. The molecule has 0 aliphatic rings. The van der Waals surface area contributed by atoms with E-state index in [1.54, 1.807) is 24.1 Å². The second-order valence-electron chi connectivity index (χ2n) is 6.16. The number of rotatable bonds is 8. The number of nitrogens with one attached hydrogen (secondary N) is 1. The zero-order valence-corrected chi connectivity index (χ0v) is 15.2. The summed E-state index contributed by atoms with van der Waals surface area (Å²) in [6.07, 6.45) is 6.31. The standard InChI is InChI=1S/C20H21F2N3O2/c1-20(21,22)18-9-8-17(27-18)14-25-12-10-19(24-25)23-11-4-6-15-5-3-7-16(13-15)26-2/h3-5,7-13H,6,14H2,1-2H3,(H,23,24)/b11-4+. The molecule has 0 spiro atoms. The summed E-state index contributed by atoms with van der Waals surface area (Å²) in [5.74, 6) is -1.42. The molecule has 1 aromatic carbocycles.